The van der Waals surface area contributed by atoms with Crippen molar-refractivity contribution in [1.82, 2.24) is 19.8 Å². The lowest BCUT2D eigenvalue weighted by Crippen LogP contribution is -2.62. The van der Waals surface area contributed by atoms with Crippen molar-refractivity contribution >= 4 is 27.4 Å². The molecule has 3 saturated heterocycles. The summed E-state index contributed by atoms with van der Waals surface area (Å²) in [5, 5.41) is 2.58. The molecular weight excluding hydrogens is 504 g/mol. The number of nitrogens with one attached hydrogen (secondary N) is 1. The van der Waals surface area contributed by atoms with E-state index in [1.165, 1.54) is 111 Å². The first-order valence-electron chi connectivity index (χ1n) is 16.3. The third-order valence-electron chi connectivity index (χ3n) is 11.5. The average molecular weight is 547 g/mol. The molecule has 0 amide bonds. The van der Waals surface area contributed by atoms with Gasteiger partial charge >= 0.3 is 0 Å². The number of nitrogens with zero attached hydrogens (tertiary/aromatic N) is 3. The number of ether oxygens (including phenoxy) is 1. The first-order valence-corrected chi connectivity index (χ1v) is 16.3. The molecule has 1 aliphatic carbocycles. The van der Waals surface area contributed by atoms with E-state index in [0.29, 0.717) is 18.0 Å². The van der Waals surface area contributed by atoms with Gasteiger partial charge in [0.05, 0.1) is 23.4 Å². The second-order valence-electron chi connectivity index (χ2n) is 13.7. The fraction of sp³-hybridized carbons (Fsp3) is 0.528. The Kier molecular flexibility index (Phi) is 5.69. The number of aromatic nitrogens is 2. The number of allylic oxidation sites excluding steroid dienone is 3. The summed E-state index contributed by atoms with van der Waals surface area (Å²) in [6, 6.07) is 11.9. The number of hydrogen-bond acceptors (Lipinski definition) is 4. The van der Waals surface area contributed by atoms with Crippen molar-refractivity contribution < 1.29 is 4.74 Å². The number of H-pyrrole nitrogens is 1. The highest BCUT2D eigenvalue weighted by Gasteiger charge is 2.74. The van der Waals surface area contributed by atoms with E-state index in [4.69, 9.17) is 9.72 Å². The van der Waals surface area contributed by atoms with E-state index in [1.54, 1.807) is 0 Å². The van der Waals surface area contributed by atoms with Gasteiger partial charge < -0.3 is 14.6 Å². The maximum absolute atomic E-state index is 7.03. The van der Waals surface area contributed by atoms with E-state index in [-0.39, 0.29) is 17.1 Å². The molecule has 41 heavy (non-hydrogen) atoms. The first-order chi connectivity index (χ1) is 20.3. The monoisotopic (exact) mass is 546 g/mol. The molecule has 1 aromatic carbocycles. The average Bonchev–Trinajstić information content (AvgIpc) is 3.35. The predicted octanol–water partition coefficient (Wildman–Crippen LogP) is 6.87. The Morgan fingerprint density at radius 1 is 0.927 bits per heavy atom. The predicted molar refractivity (Wildman–Crippen MR) is 166 cm³/mol. The van der Waals surface area contributed by atoms with E-state index in [1.807, 2.05) is 6.20 Å². The molecule has 3 aromatic rings. The topological polar surface area (TPSA) is 47.7 Å². The van der Waals surface area contributed by atoms with E-state index in [2.05, 4.69) is 75.5 Å². The van der Waals surface area contributed by atoms with Gasteiger partial charge in [0.2, 0.25) is 0 Å². The van der Waals surface area contributed by atoms with Crippen LogP contribution in [0.4, 0.5) is 0 Å². The number of piperidine rings is 1. The molecule has 7 atom stereocenters. The minimum Gasteiger partial charge on any atom is -0.360 e. The Morgan fingerprint density at radius 3 is 2.80 bits per heavy atom. The summed E-state index contributed by atoms with van der Waals surface area (Å²) in [4.78, 5) is 14.7. The third-order valence-corrected chi connectivity index (χ3v) is 11.5. The molecule has 5 aliphatic heterocycles. The zero-order chi connectivity index (χ0) is 27.0. The lowest BCUT2D eigenvalue weighted by atomic mass is 9.55. The zero-order valence-electron chi connectivity index (χ0n) is 24.1. The second-order valence-corrected chi connectivity index (χ2v) is 13.7. The highest BCUT2D eigenvalue weighted by atomic mass is 16.6. The molecule has 212 valence electrons. The van der Waals surface area contributed by atoms with Crippen LogP contribution in [0.2, 0.25) is 0 Å². The van der Waals surface area contributed by atoms with Gasteiger partial charge in [-0.1, -0.05) is 42.5 Å². The molecule has 1 N–H and O–H groups in total. The molecule has 9 rings (SSSR count). The molecule has 5 nitrogen and oxygen atoms in total. The van der Waals surface area contributed by atoms with Gasteiger partial charge in [-0.05, 0) is 107 Å². The summed E-state index contributed by atoms with van der Waals surface area (Å²) in [5.41, 5.74) is 4.96. The Balaban J connectivity index is 1.27. The van der Waals surface area contributed by atoms with Crippen LogP contribution < -0.4 is 0 Å². The Hall–Kier alpha value is -2.73. The molecule has 0 radical (unpaired) electrons. The standard InChI is InChI=1S/C36H42N4O/c1-2-7-15-31-36(41-31)23-28(32-33-27(16-18-37-32)26-13-8-9-14-30(26)38-33)29-17-21-39(19-10-4-1)24-35(29)22-25-12-6-3-5-11-20-40(25)34(35)36/h2,6-9,12-14,16,18,23,25,29,31,34,38H,1,3-5,10-11,15,17,19-22,24H2/b7-2-,12-6-/t25-,29-,31+,34-,35-,36+/m0/s1. The van der Waals surface area contributed by atoms with Crippen LogP contribution in [-0.4, -0.2) is 69.7 Å². The fourth-order valence-electron chi connectivity index (χ4n) is 9.87. The van der Waals surface area contributed by atoms with Crippen LogP contribution in [0.3, 0.4) is 0 Å². The number of para-hydroxylation sites is 1. The lowest BCUT2D eigenvalue weighted by molar-refractivity contribution is -0.0138. The summed E-state index contributed by atoms with van der Waals surface area (Å²) in [7, 11) is 0. The summed E-state index contributed by atoms with van der Waals surface area (Å²) < 4.78 is 7.03. The smallest absolute Gasteiger partial charge is 0.130 e. The molecule has 5 heteroatoms. The zero-order valence-corrected chi connectivity index (χ0v) is 24.1. The van der Waals surface area contributed by atoms with Crippen molar-refractivity contribution in [2.45, 2.75) is 81.6 Å². The normalized spacial score (nSPS) is 40.2. The first kappa shape index (κ1) is 24.8. The SMILES string of the molecule is C1=C(c2nccc3c2[nH]c2ccccc23)[C@@H]2CCN3CCCC/C=C\C[C@H]4O[C@]14[C@H]1N4CCCC/C=C\[C@H]4C[C@]21C3. The summed E-state index contributed by atoms with van der Waals surface area (Å²) in [5.74, 6) is 0.492. The van der Waals surface area contributed by atoms with Crippen LogP contribution in [0.5, 0.6) is 0 Å². The molecule has 3 bridgehead atoms. The van der Waals surface area contributed by atoms with Gasteiger partial charge in [0.15, 0.2) is 0 Å². The van der Waals surface area contributed by atoms with E-state index >= 15 is 0 Å². The van der Waals surface area contributed by atoms with Crippen molar-refractivity contribution in [3.05, 3.63) is 72.6 Å². The Labute approximate surface area is 243 Å². The van der Waals surface area contributed by atoms with Gasteiger partial charge in [-0.15, -0.1) is 0 Å². The van der Waals surface area contributed by atoms with Gasteiger partial charge in [-0.2, -0.15) is 0 Å². The Morgan fingerprint density at radius 2 is 1.83 bits per heavy atom. The van der Waals surface area contributed by atoms with Crippen LogP contribution in [0.25, 0.3) is 27.4 Å². The number of hydrogen-bond donors (Lipinski definition) is 1. The van der Waals surface area contributed by atoms with Crippen LogP contribution in [0, 0.1) is 11.3 Å². The maximum atomic E-state index is 7.03. The van der Waals surface area contributed by atoms with Gasteiger partial charge in [-0.25, -0.2) is 0 Å². The molecule has 6 aliphatic rings. The van der Waals surface area contributed by atoms with Crippen molar-refractivity contribution in [2.24, 2.45) is 11.3 Å². The van der Waals surface area contributed by atoms with E-state index in [9.17, 15) is 0 Å². The van der Waals surface area contributed by atoms with Crippen LogP contribution >= 0.6 is 0 Å². The van der Waals surface area contributed by atoms with Gasteiger partial charge in [-0.3, -0.25) is 9.88 Å². The molecule has 1 unspecified atom stereocenters. The van der Waals surface area contributed by atoms with Crippen molar-refractivity contribution in [2.75, 3.05) is 26.2 Å². The maximum Gasteiger partial charge on any atom is 0.130 e. The summed E-state index contributed by atoms with van der Waals surface area (Å²) in [6.07, 6.45) is 25.9. The van der Waals surface area contributed by atoms with E-state index < -0.39 is 0 Å². The van der Waals surface area contributed by atoms with Crippen LogP contribution in [-0.2, 0) is 4.74 Å². The third kappa shape index (κ3) is 3.68. The highest BCUT2D eigenvalue weighted by Crippen LogP contribution is 2.66. The molecular formula is C36H42N4O. The number of pyridine rings is 1. The molecule has 3 fully saturated rings. The highest BCUT2D eigenvalue weighted by molar-refractivity contribution is 6.09. The molecule has 2 aromatic heterocycles. The second kappa shape index (κ2) is 9.39. The molecule has 2 spiro atoms. The number of benzene rings is 1. The quantitative estimate of drug-likeness (QED) is 0.267. The number of epoxide rings is 1. The molecule has 0 saturated carbocycles. The largest absolute Gasteiger partial charge is 0.360 e. The lowest BCUT2D eigenvalue weighted by Gasteiger charge is -2.55. The van der Waals surface area contributed by atoms with Crippen molar-refractivity contribution in [1.29, 1.82) is 0 Å². The van der Waals surface area contributed by atoms with E-state index in [0.717, 1.165) is 6.42 Å². The minimum atomic E-state index is -0.231. The van der Waals surface area contributed by atoms with Crippen molar-refractivity contribution in [3.8, 4) is 0 Å². The summed E-state index contributed by atoms with van der Waals surface area (Å²) >= 11 is 0. The van der Waals surface area contributed by atoms with Crippen LogP contribution in [0.1, 0.15) is 63.5 Å². The minimum absolute atomic E-state index is 0.171. The number of fused-ring (bicyclic) bond motifs is 5. The number of aromatic amines is 1. The fourth-order valence-corrected chi connectivity index (χ4v) is 9.87. The van der Waals surface area contributed by atoms with Gasteiger partial charge in [0.1, 0.15) is 5.60 Å². The number of rotatable bonds is 1. The Bertz CT molecular complexity index is 1580. The van der Waals surface area contributed by atoms with Gasteiger partial charge in [0.25, 0.3) is 0 Å². The summed E-state index contributed by atoms with van der Waals surface area (Å²) in [6.45, 7) is 4.80. The molecule has 7 heterocycles. The van der Waals surface area contributed by atoms with Gasteiger partial charge in [0, 0.05) is 40.5 Å². The van der Waals surface area contributed by atoms with Crippen molar-refractivity contribution in [3.63, 3.8) is 0 Å². The van der Waals surface area contributed by atoms with Crippen LogP contribution in [0.15, 0.2) is 66.9 Å².